The average molecular weight is 286 g/mol. The van der Waals surface area contributed by atoms with Gasteiger partial charge in [0.25, 0.3) is 0 Å². The summed E-state index contributed by atoms with van der Waals surface area (Å²) >= 11 is 0. The van der Waals surface area contributed by atoms with E-state index in [1.165, 1.54) is 12.8 Å². The normalized spacial score (nSPS) is 12.3. The molecule has 0 radical (unpaired) electrons. The number of carboxylic acids is 1. The van der Waals surface area contributed by atoms with Crippen molar-refractivity contribution in [3.05, 3.63) is 35.9 Å². The van der Waals surface area contributed by atoms with Gasteiger partial charge in [-0.05, 0) is 25.5 Å². The SMILES string of the molecule is CCCCCC(C)Nc1nc2ccccc2cc1C(=O)O. The summed E-state index contributed by atoms with van der Waals surface area (Å²) in [5.74, 6) is -0.485. The summed E-state index contributed by atoms with van der Waals surface area (Å²) in [6, 6.07) is 9.46. The van der Waals surface area contributed by atoms with Gasteiger partial charge in [0.15, 0.2) is 0 Å². The summed E-state index contributed by atoms with van der Waals surface area (Å²) < 4.78 is 0. The van der Waals surface area contributed by atoms with E-state index in [0.29, 0.717) is 5.82 Å². The number of anilines is 1. The third-order valence-electron chi connectivity index (χ3n) is 3.58. The topological polar surface area (TPSA) is 62.2 Å². The fourth-order valence-corrected chi connectivity index (χ4v) is 2.40. The summed E-state index contributed by atoms with van der Waals surface area (Å²) in [7, 11) is 0. The number of nitrogens with zero attached hydrogens (tertiary/aromatic N) is 1. The number of aromatic nitrogens is 1. The Bertz CT molecular complexity index is 625. The van der Waals surface area contributed by atoms with Crippen LogP contribution >= 0.6 is 0 Å². The maximum Gasteiger partial charge on any atom is 0.339 e. The maximum absolute atomic E-state index is 11.4. The first-order valence-corrected chi connectivity index (χ1v) is 7.51. The monoisotopic (exact) mass is 286 g/mol. The van der Waals surface area contributed by atoms with Crippen LogP contribution in [0.5, 0.6) is 0 Å². The van der Waals surface area contributed by atoms with E-state index in [-0.39, 0.29) is 11.6 Å². The number of carboxylic acid groups (broad SMARTS) is 1. The minimum absolute atomic E-state index is 0.211. The molecule has 0 saturated heterocycles. The van der Waals surface area contributed by atoms with Gasteiger partial charge in [-0.3, -0.25) is 0 Å². The second kappa shape index (κ2) is 7.07. The van der Waals surface area contributed by atoms with Crippen LogP contribution in [0.2, 0.25) is 0 Å². The van der Waals surface area contributed by atoms with Gasteiger partial charge in [0.1, 0.15) is 11.4 Å². The summed E-state index contributed by atoms with van der Waals surface area (Å²) in [5.41, 5.74) is 1.04. The highest BCUT2D eigenvalue weighted by molar-refractivity contribution is 5.98. The van der Waals surface area contributed by atoms with E-state index < -0.39 is 5.97 Å². The molecule has 1 heterocycles. The predicted molar refractivity (Wildman–Crippen MR) is 85.9 cm³/mol. The number of fused-ring (bicyclic) bond motifs is 1. The van der Waals surface area contributed by atoms with Crippen LogP contribution in [0.15, 0.2) is 30.3 Å². The van der Waals surface area contributed by atoms with Gasteiger partial charge in [-0.1, -0.05) is 44.4 Å². The van der Waals surface area contributed by atoms with Crippen LogP contribution in [0, 0.1) is 0 Å². The zero-order valence-electron chi connectivity index (χ0n) is 12.6. The minimum atomic E-state index is -0.948. The van der Waals surface area contributed by atoms with Gasteiger partial charge >= 0.3 is 5.97 Å². The quantitative estimate of drug-likeness (QED) is 0.744. The number of carbonyl (C=O) groups is 1. The first-order valence-electron chi connectivity index (χ1n) is 7.51. The van der Waals surface area contributed by atoms with Crippen molar-refractivity contribution in [3.63, 3.8) is 0 Å². The van der Waals surface area contributed by atoms with E-state index in [0.717, 1.165) is 23.7 Å². The molecule has 0 spiro atoms. The Labute approximate surface area is 125 Å². The zero-order valence-corrected chi connectivity index (χ0v) is 12.6. The van der Waals surface area contributed by atoms with Crippen LogP contribution in [-0.2, 0) is 0 Å². The van der Waals surface area contributed by atoms with Crippen molar-refractivity contribution in [2.45, 2.75) is 45.6 Å². The Hall–Kier alpha value is -2.10. The van der Waals surface area contributed by atoms with E-state index in [9.17, 15) is 9.90 Å². The van der Waals surface area contributed by atoms with E-state index in [1.807, 2.05) is 24.3 Å². The number of nitrogens with one attached hydrogen (secondary N) is 1. The molecular formula is C17H22N2O2. The standard InChI is InChI=1S/C17H22N2O2/c1-3-4-5-8-12(2)18-16-14(17(20)21)11-13-9-6-7-10-15(13)19-16/h6-7,9-12H,3-5,8H2,1-2H3,(H,18,19)(H,20,21). The number of hydrogen-bond acceptors (Lipinski definition) is 3. The van der Waals surface area contributed by atoms with Crippen molar-refractivity contribution in [2.75, 3.05) is 5.32 Å². The van der Waals surface area contributed by atoms with Crippen molar-refractivity contribution < 1.29 is 9.90 Å². The third-order valence-corrected chi connectivity index (χ3v) is 3.58. The molecule has 4 heteroatoms. The molecule has 112 valence electrons. The van der Waals surface area contributed by atoms with Crippen molar-refractivity contribution in [1.29, 1.82) is 0 Å². The van der Waals surface area contributed by atoms with E-state index in [2.05, 4.69) is 24.1 Å². The highest BCUT2D eigenvalue weighted by Gasteiger charge is 2.15. The number of pyridine rings is 1. The highest BCUT2D eigenvalue weighted by Crippen LogP contribution is 2.22. The molecule has 2 aromatic rings. The Morgan fingerprint density at radius 3 is 2.81 bits per heavy atom. The van der Waals surface area contributed by atoms with Gasteiger partial charge in [0, 0.05) is 11.4 Å². The summed E-state index contributed by atoms with van der Waals surface area (Å²) in [4.78, 5) is 15.9. The molecule has 2 rings (SSSR count). The molecule has 4 nitrogen and oxygen atoms in total. The summed E-state index contributed by atoms with van der Waals surface area (Å²) in [6.45, 7) is 4.24. The van der Waals surface area contributed by atoms with Crippen LogP contribution in [0.3, 0.4) is 0 Å². The Morgan fingerprint density at radius 2 is 2.10 bits per heavy atom. The van der Waals surface area contributed by atoms with E-state index in [4.69, 9.17) is 0 Å². The van der Waals surface area contributed by atoms with E-state index in [1.54, 1.807) is 6.07 Å². The molecule has 0 saturated carbocycles. The van der Waals surface area contributed by atoms with Crippen LogP contribution in [-0.4, -0.2) is 22.1 Å². The maximum atomic E-state index is 11.4. The average Bonchev–Trinajstić information content (AvgIpc) is 2.46. The van der Waals surface area contributed by atoms with Crippen molar-refractivity contribution >= 4 is 22.7 Å². The van der Waals surface area contributed by atoms with Gasteiger partial charge in [0.2, 0.25) is 0 Å². The number of aromatic carboxylic acids is 1. The molecule has 0 aliphatic heterocycles. The molecule has 0 aliphatic rings. The van der Waals surface area contributed by atoms with Crippen molar-refractivity contribution in [3.8, 4) is 0 Å². The molecule has 0 fully saturated rings. The molecule has 1 atom stereocenters. The lowest BCUT2D eigenvalue weighted by molar-refractivity contribution is 0.0697. The second-order valence-corrected chi connectivity index (χ2v) is 5.42. The predicted octanol–water partition coefficient (Wildman–Crippen LogP) is 4.31. The molecule has 0 amide bonds. The lowest BCUT2D eigenvalue weighted by Gasteiger charge is -2.16. The molecule has 21 heavy (non-hydrogen) atoms. The number of rotatable bonds is 7. The fourth-order valence-electron chi connectivity index (χ4n) is 2.40. The molecule has 0 aliphatic carbocycles. The number of unbranched alkanes of at least 4 members (excludes halogenated alkanes) is 2. The molecule has 1 unspecified atom stereocenters. The third kappa shape index (κ3) is 3.94. The van der Waals surface area contributed by atoms with Gasteiger partial charge < -0.3 is 10.4 Å². The van der Waals surface area contributed by atoms with Crippen LogP contribution < -0.4 is 5.32 Å². The lowest BCUT2D eigenvalue weighted by Crippen LogP contribution is -2.18. The number of benzene rings is 1. The summed E-state index contributed by atoms with van der Waals surface area (Å²) in [6.07, 6.45) is 4.53. The summed E-state index contributed by atoms with van der Waals surface area (Å²) in [5, 5.41) is 13.5. The van der Waals surface area contributed by atoms with E-state index >= 15 is 0 Å². The smallest absolute Gasteiger partial charge is 0.339 e. The number of hydrogen-bond donors (Lipinski definition) is 2. The Morgan fingerprint density at radius 1 is 1.33 bits per heavy atom. The number of para-hydroxylation sites is 1. The Balaban J connectivity index is 2.24. The highest BCUT2D eigenvalue weighted by atomic mass is 16.4. The van der Waals surface area contributed by atoms with Crippen molar-refractivity contribution in [1.82, 2.24) is 4.98 Å². The van der Waals surface area contributed by atoms with Crippen LogP contribution in [0.25, 0.3) is 10.9 Å². The van der Waals surface area contributed by atoms with Gasteiger partial charge in [0.05, 0.1) is 5.52 Å². The first kappa shape index (κ1) is 15.3. The molecule has 2 N–H and O–H groups in total. The van der Waals surface area contributed by atoms with Gasteiger partial charge in [-0.25, -0.2) is 9.78 Å². The Kier molecular flexibility index (Phi) is 5.14. The first-order chi connectivity index (χ1) is 10.1. The molecule has 1 aromatic carbocycles. The van der Waals surface area contributed by atoms with Crippen LogP contribution in [0.1, 0.15) is 49.9 Å². The molecule has 0 bridgehead atoms. The molecular weight excluding hydrogens is 264 g/mol. The van der Waals surface area contributed by atoms with Crippen LogP contribution in [0.4, 0.5) is 5.82 Å². The minimum Gasteiger partial charge on any atom is -0.478 e. The largest absolute Gasteiger partial charge is 0.478 e. The van der Waals surface area contributed by atoms with Gasteiger partial charge in [-0.2, -0.15) is 0 Å². The fraction of sp³-hybridized carbons (Fsp3) is 0.412. The van der Waals surface area contributed by atoms with Crippen molar-refractivity contribution in [2.24, 2.45) is 0 Å². The molecule has 1 aromatic heterocycles. The lowest BCUT2D eigenvalue weighted by atomic mass is 10.1. The zero-order chi connectivity index (χ0) is 15.2. The second-order valence-electron chi connectivity index (χ2n) is 5.42. The van der Waals surface area contributed by atoms with Gasteiger partial charge in [-0.15, -0.1) is 0 Å².